The second kappa shape index (κ2) is 4.93. The lowest BCUT2D eigenvalue weighted by Crippen LogP contribution is -1.96. The number of alkyl halides is 1. The van der Waals surface area contributed by atoms with Gasteiger partial charge in [-0.05, 0) is 25.1 Å². The van der Waals surface area contributed by atoms with Crippen molar-refractivity contribution >= 4 is 27.5 Å². The van der Waals surface area contributed by atoms with Gasteiger partial charge in [0.15, 0.2) is 0 Å². The van der Waals surface area contributed by atoms with Crippen LogP contribution >= 0.6 is 27.5 Å². The molecule has 0 aliphatic rings. The van der Waals surface area contributed by atoms with Crippen molar-refractivity contribution in [1.29, 1.82) is 0 Å². The third-order valence-electron chi connectivity index (χ3n) is 2.16. The van der Waals surface area contributed by atoms with Gasteiger partial charge in [0.1, 0.15) is 5.82 Å². The van der Waals surface area contributed by atoms with Crippen LogP contribution in [-0.4, -0.2) is 9.97 Å². The Morgan fingerprint density at radius 1 is 1.19 bits per heavy atom. The van der Waals surface area contributed by atoms with E-state index in [1.165, 1.54) is 0 Å². The van der Waals surface area contributed by atoms with Gasteiger partial charge in [0, 0.05) is 15.7 Å². The van der Waals surface area contributed by atoms with Gasteiger partial charge in [-0.15, -0.1) is 11.6 Å². The van der Waals surface area contributed by atoms with Gasteiger partial charge in [-0.3, -0.25) is 0 Å². The van der Waals surface area contributed by atoms with E-state index in [1.54, 1.807) is 0 Å². The summed E-state index contributed by atoms with van der Waals surface area (Å²) in [5.41, 5.74) is 2.92. The predicted octanol–water partition coefficient (Wildman–Crippen LogP) is 3.95. The van der Waals surface area contributed by atoms with Crippen LogP contribution in [0.4, 0.5) is 0 Å². The molecule has 4 heteroatoms. The summed E-state index contributed by atoms with van der Waals surface area (Å²) in [6.07, 6.45) is 0. The molecule has 0 aliphatic carbocycles. The first kappa shape index (κ1) is 11.6. The Morgan fingerprint density at radius 3 is 2.50 bits per heavy atom. The van der Waals surface area contributed by atoms with Gasteiger partial charge >= 0.3 is 0 Å². The lowest BCUT2D eigenvalue weighted by Gasteiger charge is -2.04. The molecule has 16 heavy (non-hydrogen) atoms. The monoisotopic (exact) mass is 296 g/mol. The van der Waals surface area contributed by atoms with Gasteiger partial charge < -0.3 is 0 Å². The molecule has 82 valence electrons. The van der Waals surface area contributed by atoms with Gasteiger partial charge in [0.05, 0.1) is 11.6 Å². The van der Waals surface area contributed by atoms with E-state index in [9.17, 15) is 0 Å². The molecule has 1 aromatic carbocycles. The Morgan fingerprint density at radius 2 is 1.88 bits per heavy atom. The van der Waals surface area contributed by atoms with Crippen molar-refractivity contribution in [3.05, 3.63) is 46.3 Å². The molecule has 0 N–H and O–H groups in total. The molecule has 2 aromatic rings. The molecule has 1 heterocycles. The molecule has 0 saturated carbocycles. The smallest absolute Gasteiger partial charge is 0.143 e. The second-order valence-corrected chi connectivity index (χ2v) is 4.63. The number of hydrogen-bond acceptors (Lipinski definition) is 2. The molecule has 1 aromatic heterocycles. The zero-order valence-corrected chi connectivity index (χ0v) is 11.1. The number of aryl methyl sites for hydroxylation is 1. The van der Waals surface area contributed by atoms with Crippen molar-refractivity contribution in [1.82, 2.24) is 9.97 Å². The van der Waals surface area contributed by atoms with Crippen molar-refractivity contribution < 1.29 is 0 Å². The molecule has 0 unspecified atom stereocenters. The maximum absolute atomic E-state index is 5.75. The highest BCUT2D eigenvalue weighted by atomic mass is 79.9. The average Bonchev–Trinajstić information content (AvgIpc) is 2.29. The topological polar surface area (TPSA) is 25.8 Å². The summed E-state index contributed by atoms with van der Waals surface area (Å²) in [4.78, 5) is 8.64. The molecular weight excluding hydrogens is 288 g/mol. The van der Waals surface area contributed by atoms with Crippen LogP contribution in [0.15, 0.2) is 34.8 Å². The van der Waals surface area contributed by atoms with Crippen LogP contribution in [0, 0.1) is 6.92 Å². The molecule has 0 atom stereocenters. The number of aromatic nitrogens is 2. The molecule has 0 spiro atoms. The minimum absolute atomic E-state index is 0.339. The fraction of sp³-hybridized carbons (Fsp3) is 0.167. The highest BCUT2D eigenvalue weighted by Crippen LogP contribution is 2.20. The Labute approximate surface area is 108 Å². The number of rotatable bonds is 2. The maximum atomic E-state index is 5.75. The third-order valence-corrected chi connectivity index (χ3v) is 2.93. The highest BCUT2D eigenvalue weighted by molar-refractivity contribution is 9.10. The Balaban J connectivity index is 2.47. The molecule has 0 amide bonds. The number of benzene rings is 1. The third kappa shape index (κ3) is 2.60. The van der Waals surface area contributed by atoms with Crippen molar-refractivity contribution in [3.63, 3.8) is 0 Å². The largest absolute Gasteiger partial charge is 0.237 e. The summed E-state index contributed by atoms with van der Waals surface area (Å²) in [5, 5.41) is 0. The van der Waals surface area contributed by atoms with E-state index in [4.69, 9.17) is 11.6 Å². The maximum Gasteiger partial charge on any atom is 0.143 e. The summed E-state index contributed by atoms with van der Waals surface area (Å²) in [7, 11) is 0. The van der Waals surface area contributed by atoms with E-state index in [1.807, 2.05) is 37.3 Å². The van der Waals surface area contributed by atoms with Gasteiger partial charge in [-0.1, -0.05) is 28.1 Å². The van der Waals surface area contributed by atoms with Crippen LogP contribution in [0.1, 0.15) is 11.5 Å². The molecule has 2 nitrogen and oxygen atoms in total. The Hall–Kier alpha value is -0.930. The van der Waals surface area contributed by atoms with Gasteiger partial charge in [0.25, 0.3) is 0 Å². The van der Waals surface area contributed by atoms with Gasteiger partial charge in [0.2, 0.25) is 0 Å². The first-order valence-electron chi connectivity index (χ1n) is 4.85. The normalized spacial score (nSPS) is 10.4. The van der Waals surface area contributed by atoms with Crippen LogP contribution in [0.2, 0.25) is 0 Å². The average molecular weight is 298 g/mol. The highest BCUT2D eigenvalue weighted by Gasteiger charge is 2.03. The van der Waals surface area contributed by atoms with Crippen LogP contribution in [0.5, 0.6) is 0 Å². The second-order valence-electron chi connectivity index (χ2n) is 3.45. The standard InChI is InChI=1S/C12H10BrClN2/c1-8-6-11(16-12(7-14)15-8)9-2-4-10(13)5-3-9/h2-6H,7H2,1H3. The lowest BCUT2D eigenvalue weighted by molar-refractivity contribution is 0.997. The van der Waals surface area contributed by atoms with E-state index >= 15 is 0 Å². The Kier molecular flexibility index (Phi) is 3.56. The van der Waals surface area contributed by atoms with Crippen molar-refractivity contribution in [3.8, 4) is 11.3 Å². The SMILES string of the molecule is Cc1cc(-c2ccc(Br)cc2)nc(CCl)n1. The molecule has 0 radical (unpaired) electrons. The van der Waals surface area contributed by atoms with Crippen LogP contribution in [0.25, 0.3) is 11.3 Å². The van der Waals surface area contributed by atoms with Crippen molar-refractivity contribution in [2.45, 2.75) is 12.8 Å². The minimum atomic E-state index is 0.339. The molecule has 0 bridgehead atoms. The number of hydrogen-bond donors (Lipinski definition) is 0. The molecule has 0 saturated heterocycles. The molecule has 0 aliphatic heterocycles. The van der Waals surface area contributed by atoms with Crippen molar-refractivity contribution in [2.75, 3.05) is 0 Å². The van der Waals surface area contributed by atoms with E-state index in [2.05, 4.69) is 25.9 Å². The lowest BCUT2D eigenvalue weighted by atomic mass is 10.1. The fourth-order valence-corrected chi connectivity index (χ4v) is 1.84. The van der Waals surface area contributed by atoms with Crippen molar-refractivity contribution in [2.24, 2.45) is 0 Å². The zero-order chi connectivity index (χ0) is 11.5. The predicted molar refractivity (Wildman–Crippen MR) is 69.5 cm³/mol. The van der Waals surface area contributed by atoms with E-state index in [-0.39, 0.29) is 0 Å². The van der Waals surface area contributed by atoms with Gasteiger partial charge in [-0.25, -0.2) is 9.97 Å². The zero-order valence-electron chi connectivity index (χ0n) is 8.74. The summed E-state index contributed by atoms with van der Waals surface area (Å²) < 4.78 is 1.06. The van der Waals surface area contributed by atoms with E-state index in [0.29, 0.717) is 11.7 Å². The first-order valence-corrected chi connectivity index (χ1v) is 6.18. The number of halogens is 2. The molecule has 2 rings (SSSR count). The van der Waals surface area contributed by atoms with Crippen LogP contribution in [-0.2, 0) is 5.88 Å². The van der Waals surface area contributed by atoms with Crippen LogP contribution < -0.4 is 0 Å². The van der Waals surface area contributed by atoms with Crippen LogP contribution in [0.3, 0.4) is 0 Å². The number of nitrogens with zero attached hydrogens (tertiary/aromatic N) is 2. The summed E-state index contributed by atoms with van der Waals surface area (Å²) in [5.74, 6) is 1.00. The minimum Gasteiger partial charge on any atom is -0.237 e. The molecular formula is C12H10BrClN2. The molecule has 0 fully saturated rings. The summed E-state index contributed by atoms with van der Waals surface area (Å²) >= 11 is 9.16. The Bertz CT molecular complexity index is 497. The first-order chi connectivity index (χ1) is 7.69. The fourth-order valence-electron chi connectivity index (χ4n) is 1.46. The van der Waals surface area contributed by atoms with Gasteiger partial charge in [-0.2, -0.15) is 0 Å². The quantitative estimate of drug-likeness (QED) is 0.784. The van der Waals surface area contributed by atoms with E-state index in [0.717, 1.165) is 21.4 Å². The van der Waals surface area contributed by atoms with E-state index < -0.39 is 0 Å². The summed E-state index contributed by atoms with van der Waals surface area (Å²) in [6, 6.07) is 9.98. The summed E-state index contributed by atoms with van der Waals surface area (Å²) in [6.45, 7) is 1.94.